The fourth-order valence-corrected chi connectivity index (χ4v) is 2.55. The fourth-order valence-electron chi connectivity index (χ4n) is 2.55. The summed E-state index contributed by atoms with van der Waals surface area (Å²) in [6.07, 6.45) is 2.58. The van der Waals surface area contributed by atoms with Gasteiger partial charge >= 0.3 is 7.12 Å². The van der Waals surface area contributed by atoms with Crippen molar-refractivity contribution in [2.24, 2.45) is 5.73 Å². The quantitative estimate of drug-likeness (QED) is 0.629. The van der Waals surface area contributed by atoms with E-state index in [1.807, 2.05) is 33.8 Å². The van der Waals surface area contributed by atoms with Crippen LogP contribution in [0.2, 0.25) is 0 Å². The number of rotatable bonds is 6. The summed E-state index contributed by atoms with van der Waals surface area (Å²) in [7, 11) is 2.50. The average Bonchev–Trinajstić information content (AvgIpc) is 2.79. The Kier molecular flexibility index (Phi) is 5.61. The monoisotopic (exact) mass is 347 g/mol. The lowest BCUT2D eigenvalue weighted by molar-refractivity contribution is 0.00578. The summed E-state index contributed by atoms with van der Waals surface area (Å²) in [6.45, 7) is 8.16. The molecule has 1 aromatic rings. The van der Waals surface area contributed by atoms with Gasteiger partial charge in [-0.3, -0.25) is 4.79 Å². The minimum atomic E-state index is -0.567. The topological polar surface area (TPSA) is 80.0 Å². The standard InChI is InChI=1S/C18H26BNO5/c1-17(2)18(3,4)25-19(24-17)14(10-20)7-12-8-15(22-5)16(23-6)9-13(12)11-21/h7-9,11H,10,20H2,1-6H3. The minimum absolute atomic E-state index is 0.240. The molecule has 1 aliphatic heterocycles. The number of hydrogen-bond acceptors (Lipinski definition) is 6. The molecule has 1 saturated heterocycles. The maximum Gasteiger partial charge on any atom is 0.491 e. The van der Waals surface area contributed by atoms with Gasteiger partial charge in [0.25, 0.3) is 0 Å². The number of methoxy groups -OCH3 is 2. The van der Waals surface area contributed by atoms with Gasteiger partial charge in [0, 0.05) is 12.1 Å². The van der Waals surface area contributed by atoms with E-state index in [-0.39, 0.29) is 6.54 Å². The normalized spacial score (nSPS) is 19.0. The van der Waals surface area contributed by atoms with E-state index in [0.29, 0.717) is 22.6 Å². The summed E-state index contributed by atoms with van der Waals surface area (Å²) < 4.78 is 22.7. The van der Waals surface area contributed by atoms with Crippen LogP contribution in [-0.2, 0) is 9.31 Å². The van der Waals surface area contributed by atoms with E-state index in [1.165, 1.54) is 7.11 Å². The van der Waals surface area contributed by atoms with Gasteiger partial charge in [0.2, 0.25) is 0 Å². The fraction of sp³-hybridized carbons (Fsp3) is 0.500. The molecule has 136 valence electrons. The maximum absolute atomic E-state index is 11.5. The highest BCUT2D eigenvalue weighted by atomic mass is 16.7. The molecule has 0 spiro atoms. The highest BCUT2D eigenvalue weighted by Crippen LogP contribution is 2.39. The molecule has 0 saturated carbocycles. The van der Waals surface area contributed by atoms with Crippen molar-refractivity contribution in [3.8, 4) is 11.5 Å². The molecule has 1 aromatic carbocycles. The second kappa shape index (κ2) is 7.19. The van der Waals surface area contributed by atoms with Crippen molar-refractivity contribution in [1.29, 1.82) is 0 Å². The summed E-state index contributed by atoms with van der Waals surface area (Å²) in [4.78, 5) is 11.5. The molecule has 25 heavy (non-hydrogen) atoms. The zero-order valence-corrected chi connectivity index (χ0v) is 15.7. The van der Waals surface area contributed by atoms with Gasteiger partial charge in [0.05, 0.1) is 25.4 Å². The molecule has 2 rings (SSSR count). The Morgan fingerprint density at radius 2 is 1.56 bits per heavy atom. The van der Waals surface area contributed by atoms with E-state index in [0.717, 1.165) is 11.8 Å². The van der Waals surface area contributed by atoms with Crippen LogP contribution in [0.5, 0.6) is 11.5 Å². The van der Waals surface area contributed by atoms with Gasteiger partial charge in [-0.25, -0.2) is 0 Å². The number of nitrogens with two attached hydrogens (primary N) is 1. The lowest BCUT2D eigenvalue weighted by Gasteiger charge is -2.32. The molecule has 0 amide bonds. The first-order chi connectivity index (χ1) is 11.7. The summed E-state index contributed by atoms with van der Waals surface area (Å²) in [5.74, 6) is 1.02. The largest absolute Gasteiger partial charge is 0.493 e. The van der Waals surface area contributed by atoms with E-state index in [9.17, 15) is 4.79 Å². The van der Waals surface area contributed by atoms with E-state index in [2.05, 4.69) is 0 Å². The van der Waals surface area contributed by atoms with Crippen molar-refractivity contribution in [2.45, 2.75) is 38.9 Å². The summed E-state index contributed by atoms with van der Waals surface area (Å²) in [5, 5.41) is 0. The molecular weight excluding hydrogens is 321 g/mol. The molecule has 7 heteroatoms. The number of carbonyl (C=O) groups excluding carboxylic acids is 1. The third kappa shape index (κ3) is 3.73. The second-order valence-corrected chi connectivity index (χ2v) is 6.97. The third-order valence-electron chi connectivity index (χ3n) is 4.85. The van der Waals surface area contributed by atoms with Crippen molar-refractivity contribution in [1.82, 2.24) is 0 Å². The molecule has 1 aliphatic rings. The highest BCUT2D eigenvalue weighted by molar-refractivity contribution is 6.56. The van der Waals surface area contributed by atoms with Crippen LogP contribution in [0.4, 0.5) is 0 Å². The summed E-state index contributed by atoms with van der Waals surface area (Å²) in [6, 6.07) is 3.37. The number of ether oxygens (including phenoxy) is 2. The van der Waals surface area contributed by atoms with Crippen LogP contribution in [0.25, 0.3) is 6.08 Å². The number of hydrogen-bond donors (Lipinski definition) is 1. The van der Waals surface area contributed by atoms with E-state index in [4.69, 9.17) is 24.5 Å². The Hall–Kier alpha value is -1.83. The van der Waals surface area contributed by atoms with Crippen LogP contribution < -0.4 is 15.2 Å². The van der Waals surface area contributed by atoms with Crippen molar-refractivity contribution in [3.05, 3.63) is 28.7 Å². The van der Waals surface area contributed by atoms with Crippen molar-refractivity contribution < 1.29 is 23.6 Å². The highest BCUT2D eigenvalue weighted by Gasteiger charge is 2.52. The van der Waals surface area contributed by atoms with Gasteiger partial charge in [0.15, 0.2) is 17.8 Å². The van der Waals surface area contributed by atoms with Crippen LogP contribution in [0.3, 0.4) is 0 Å². The SMILES string of the molecule is COc1cc(C=O)c(C=C(CN)B2OC(C)(C)C(C)(C)O2)cc1OC. The van der Waals surface area contributed by atoms with Crippen LogP contribution in [0, 0.1) is 0 Å². The van der Waals surface area contributed by atoms with Gasteiger partial charge in [-0.15, -0.1) is 0 Å². The number of carbonyl (C=O) groups is 1. The second-order valence-electron chi connectivity index (χ2n) is 6.97. The van der Waals surface area contributed by atoms with E-state index in [1.54, 1.807) is 19.2 Å². The Bertz CT molecular complexity index is 668. The molecule has 0 unspecified atom stereocenters. The molecule has 1 heterocycles. The predicted molar refractivity (Wildman–Crippen MR) is 98.0 cm³/mol. The first-order valence-corrected chi connectivity index (χ1v) is 8.16. The van der Waals surface area contributed by atoms with Crippen molar-refractivity contribution in [2.75, 3.05) is 20.8 Å². The average molecular weight is 347 g/mol. The van der Waals surface area contributed by atoms with Gasteiger partial charge in [-0.2, -0.15) is 0 Å². The molecule has 0 aliphatic carbocycles. The molecule has 0 aromatic heterocycles. The van der Waals surface area contributed by atoms with Crippen LogP contribution in [-0.4, -0.2) is 45.4 Å². The lowest BCUT2D eigenvalue weighted by Crippen LogP contribution is -2.41. The predicted octanol–water partition coefficient (Wildman–Crippen LogP) is 2.49. The summed E-state index contributed by atoms with van der Waals surface area (Å²) in [5.41, 5.74) is 6.89. The van der Waals surface area contributed by atoms with E-state index >= 15 is 0 Å². The number of benzene rings is 1. The Morgan fingerprint density at radius 3 is 1.96 bits per heavy atom. The van der Waals surface area contributed by atoms with Gasteiger partial charge < -0.3 is 24.5 Å². The maximum atomic E-state index is 11.5. The Labute approximate surface area is 149 Å². The first-order valence-electron chi connectivity index (χ1n) is 8.16. The smallest absolute Gasteiger partial charge is 0.491 e. The van der Waals surface area contributed by atoms with Crippen LogP contribution >= 0.6 is 0 Å². The van der Waals surface area contributed by atoms with Crippen molar-refractivity contribution in [3.63, 3.8) is 0 Å². The van der Waals surface area contributed by atoms with Gasteiger partial charge in [-0.1, -0.05) is 6.08 Å². The van der Waals surface area contributed by atoms with Crippen molar-refractivity contribution >= 4 is 19.5 Å². The zero-order chi connectivity index (χ0) is 18.8. The minimum Gasteiger partial charge on any atom is -0.493 e. The van der Waals surface area contributed by atoms with Crippen LogP contribution in [0.15, 0.2) is 17.6 Å². The molecule has 6 nitrogen and oxygen atoms in total. The molecule has 1 fully saturated rings. The third-order valence-corrected chi connectivity index (χ3v) is 4.85. The number of aldehydes is 1. The molecule has 0 radical (unpaired) electrons. The Balaban J connectivity index is 2.45. The molecule has 2 N–H and O–H groups in total. The van der Waals surface area contributed by atoms with Gasteiger partial charge in [-0.05, 0) is 50.9 Å². The van der Waals surface area contributed by atoms with Gasteiger partial charge in [0.1, 0.15) is 0 Å². The Morgan fingerprint density at radius 1 is 1.08 bits per heavy atom. The van der Waals surface area contributed by atoms with Crippen LogP contribution in [0.1, 0.15) is 43.6 Å². The zero-order valence-electron chi connectivity index (χ0n) is 15.7. The molecule has 0 atom stereocenters. The molecule has 0 bridgehead atoms. The van der Waals surface area contributed by atoms with E-state index < -0.39 is 18.3 Å². The summed E-state index contributed by atoms with van der Waals surface area (Å²) >= 11 is 0. The lowest BCUT2D eigenvalue weighted by atomic mass is 9.77. The first kappa shape index (κ1) is 19.5. The molecular formula is C18H26BNO5.